The molecule has 0 aromatic heterocycles. The Balaban J connectivity index is 1.86. The molecule has 1 fully saturated rings. The van der Waals surface area contributed by atoms with Crippen molar-refractivity contribution in [3.05, 3.63) is 35.4 Å². The Morgan fingerprint density at radius 1 is 1.24 bits per heavy atom. The Hall–Kier alpha value is -1.84. The van der Waals surface area contributed by atoms with Gasteiger partial charge in [0, 0.05) is 31.6 Å². The third-order valence-corrected chi connectivity index (χ3v) is 4.20. The summed E-state index contributed by atoms with van der Waals surface area (Å²) in [5, 5.41) is 2.92. The van der Waals surface area contributed by atoms with Gasteiger partial charge < -0.3 is 10.2 Å². The Bertz CT molecular complexity index is 507. The molecule has 2 rings (SSSR count). The van der Waals surface area contributed by atoms with E-state index in [1.165, 1.54) is 12.8 Å². The number of carbonyl (C=O) groups excluding carboxylic acids is 2. The minimum absolute atomic E-state index is 0.0666. The summed E-state index contributed by atoms with van der Waals surface area (Å²) in [6, 6.07) is 7.89. The summed E-state index contributed by atoms with van der Waals surface area (Å²) in [5.41, 5.74) is 1.67. The molecule has 0 aliphatic heterocycles. The number of nitrogens with one attached hydrogen (secondary N) is 1. The molecule has 114 valence electrons. The van der Waals surface area contributed by atoms with Crippen molar-refractivity contribution in [3.8, 4) is 0 Å². The highest BCUT2D eigenvalue weighted by Gasteiger charge is 2.24. The van der Waals surface area contributed by atoms with Crippen molar-refractivity contribution in [1.29, 1.82) is 0 Å². The van der Waals surface area contributed by atoms with Crippen molar-refractivity contribution in [2.24, 2.45) is 0 Å². The van der Waals surface area contributed by atoms with Gasteiger partial charge in [0.2, 0.25) is 5.91 Å². The van der Waals surface area contributed by atoms with Crippen LogP contribution >= 0.6 is 0 Å². The first kappa shape index (κ1) is 15.5. The molecule has 0 atom stereocenters. The van der Waals surface area contributed by atoms with Crippen molar-refractivity contribution in [1.82, 2.24) is 10.2 Å². The Morgan fingerprint density at radius 3 is 2.52 bits per heavy atom. The maximum absolute atomic E-state index is 12.1. The van der Waals surface area contributed by atoms with E-state index < -0.39 is 0 Å². The smallest absolute Gasteiger partial charge is 0.251 e. The number of carbonyl (C=O) groups is 2. The lowest BCUT2D eigenvalue weighted by Crippen LogP contribution is -2.42. The molecular weight excluding hydrogens is 264 g/mol. The first-order valence-electron chi connectivity index (χ1n) is 7.70. The highest BCUT2D eigenvalue weighted by atomic mass is 16.2. The summed E-state index contributed by atoms with van der Waals surface area (Å²) in [6.07, 6.45) is 4.57. The first-order valence-corrected chi connectivity index (χ1v) is 7.70. The Kier molecular flexibility index (Phi) is 5.37. The number of rotatable bonds is 5. The first-order chi connectivity index (χ1) is 10.1. The van der Waals surface area contributed by atoms with Crippen LogP contribution in [0.25, 0.3) is 0 Å². The van der Waals surface area contributed by atoms with E-state index in [2.05, 4.69) is 5.32 Å². The van der Waals surface area contributed by atoms with E-state index in [-0.39, 0.29) is 11.8 Å². The van der Waals surface area contributed by atoms with Crippen LogP contribution in [-0.2, 0) is 4.79 Å². The summed E-state index contributed by atoms with van der Waals surface area (Å²) in [5.74, 6) is 0.0371. The molecule has 1 aliphatic rings. The van der Waals surface area contributed by atoms with Crippen LogP contribution in [0.5, 0.6) is 0 Å². The van der Waals surface area contributed by atoms with Crippen LogP contribution in [0.3, 0.4) is 0 Å². The highest BCUT2D eigenvalue weighted by molar-refractivity contribution is 5.95. The molecule has 4 nitrogen and oxygen atoms in total. The van der Waals surface area contributed by atoms with Crippen LogP contribution in [0.15, 0.2) is 24.3 Å². The van der Waals surface area contributed by atoms with Crippen molar-refractivity contribution in [3.63, 3.8) is 0 Å². The molecule has 1 aliphatic carbocycles. The second kappa shape index (κ2) is 7.25. The predicted octanol–water partition coefficient (Wildman–Crippen LogP) is 2.52. The van der Waals surface area contributed by atoms with Gasteiger partial charge in [-0.25, -0.2) is 0 Å². The lowest BCUT2D eigenvalue weighted by atomic mass is 10.1. The van der Waals surface area contributed by atoms with Gasteiger partial charge in [0.15, 0.2) is 0 Å². The van der Waals surface area contributed by atoms with E-state index in [0.29, 0.717) is 24.7 Å². The molecule has 1 saturated carbocycles. The van der Waals surface area contributed by atoms with Crippen LogP contribution in [0.1, 0.15) is 48.5 Å². The molecule has 0 radical (unpaired) electrons. The monoisotopic (exact) mass is 288 g/mol. The van der Waals surface area contributed by atoms with Gasteiger partial charge in [0.1, 0.15) is 0 Å². The lowest BCUT2D eigenvalue weighted by Gasteiger charge is -2.28. The maximum Gasteiger partial charge on any atom is 0.251 e. The topological polar surface area (TPSA) is 49.4 Å². The molecule has 0 heterocycles. The van der Waals surface area contributed by atoms with Gasteiger partial charge in [-0.2, -0.15) is 0 Å². The summed E-state index contributed by atoms with van der Waals surface area (Å²) >= 11 is 0. The molecule has 2 amide bonds. The van der Waals surface area contributed by atoms with Crippen LogP contribution in [0, 0.1) is 6.92 Å². The summed E-state index contributed by atoms with van der Waals surface area (Å²) in [4.78, 5) is 25.8. The minimum Gasteiger partial charge on any atom is -0.350 e. The van der Waals surface area contributed by atoms with Crippen molar-refractivity contribution >= 4 is 11.8 Å². The zero-order chi connectivity index (χ0) is 15.2. The average molecular weight is 288 g/mol. The van der Waals surface area contributed by atoms with E-state index in [1.54, 1.807) is 6.92 Å². The third kappa shape index (κ3) is 4.06. The summed E-state index contributed by atoms with van der Waals surface area (Å²) in [6.45, 7) is 4.64. The second-order valence-electron chi connectivity index (χ2n) is 5.72. The van der Waals surface area contributed by atoms with Gasteiger partial charge >= 0.3 is 0 Å². The highest BCUT2D eigenvalue weighted by Crippen LogP contribution is 2.23. The molecule has 1 aromatic carbocycles. The third-order valence-electron chi connectivity index (χ3n) is 4.20. The number of hydrogen-bond donors (Lipinski definition) is 1. The number of benzene rings is 1. The van der Waals surface area contributed by atoms with Gasteiger partial charge in [-0.15, -0.1) is 0 Å². The molecule has 0 bridgehead atoms. The number of amides is 2. The molecule has 1 aromatic rings. The zero-order valence-electron chi connectivity index (χ0n) is 12.9. The largest absolute Gasteiger partial charge is 0.350 e. The SMILES string of the molecule is CC(=O)N(CCNC(=O)c1ccccc1C)C1CCCC1. The summed E-state index contributed by atoms with van der Waals surface area (Å²) < 4.78 is 0. The van der Waals surface area contributed by atoms with Crippen LogP contribution in [0.4, 0.5) is 0 Å². The van der Waals surface area contributed by atoms with Crippen molar-refractivity contribution < 1.29 is 9.59 Å². The molecule has 0 saturated heterocycles. The maximum atomic E-state index is 12.1. The van der Waals surface area contributed by atoms with Crippen molar-refractivity contribution in [2.75, 3.05) is 13.1 Å². The zero-order valence-corrected chi connectivity index (χ0v) is 12.9. The molecule has 0 spiro atoms. The van der Waals surface area contributed by atoms with E-state index >= 15 is 0 Å². The molecule has 4 heteroatoms. The molecule has 1 N–H and O–H groups in total. The lowest BCUT2D eigenvalue weighted by molar-refractivity contribution is -0.130. The standard InChI is InChI=1S/C17H24N2O2/c1-13-7-3-6-10-16(13)17(21)18-11-12-19(14(2)20)15-8-4-5-9-15/h3,6-7,10,15H,4-5,8-9,11-12H2,1-2H3,(H,18,21). The van der Waals surface area contributed by atoms with E-state index in [4.69, 9.17) is 0 Å². The van der Waals surface area contributed by atoms with Crippen molar-refractivity contribution in [2.45, 2.75) is 45.6 Å². The Morgan fingerprint density at radius 2 is 1.90 bits per heavy atom. The molecule has 0 unspecified atom stereocenters. The number of aryl methyl sites for hydroxylation is 1. The van der Waals surface area contributed by atoms with Gasteiger partial charge in [0.25, 0.3) is 5.91 Å². The van der Waals surface area contributed by atoms with E-state index in [1.807, 2.05) is 36.1 Å². The fraction of sp³-hybridized carbons (Fsp3) is 0.529. The van der Waals surface area contributed by atoms with E-state index in [9.17, 15) is 9.59 Å². The molecule has 21 heavy (non-hydrogen) atoms. The summed E-state index contributed by atoms with van der Waals surface area (Å²) in [7, 11) is 0. The number of nitrogens with zero attached hydrogens (tertiary/aromatic N) is 1. The fourth-order valence-electron chi connectivity index (χ4n) is 3.03. The van der Waals surface area contributed by atoms with Gasteiger partial charge in [0.05, 0.1) is 0 Å². The Labute approximate surface area is 126 Å². The normalized spacial score (nSPS) is 15.0. The van der Waals surface area contributed by atoms with E-state index in [0.717, 1.165) is 18.4 Å². The van der Waals surface area contributed by atoms with Gasteiger partial charge in [-0.1, -0.05) is 31.0 Å². The van der Waals surface area contributed by atoms with Crippen LogP contribution < -0.4 is 5.32 Å². The molecular formula is C17H24N2O2. The predicted molar refractivity (Wildman–Crippen MR) is 83.2 cm³/mol. The van der Waals surface area contributed by atoms with Gasteiger partial charge in [-0.05, 0) is 31.4 Å². The minimum atomic E-state index is -0.0666. The van der Waals surface area contributed by atoms with Gasteiger partial charge in [-0.3, -0.25) is 9.59 Å². The quantitative estimate of drug-likeness (QED) is 0.905. The average Bonchev–Trinajstić information content (AvgIpc) is 2.97. The van der Waals surface area contributed by atoms with Crippen LogP contribution in [0.2, 0.25) is 0 Å². The number of hydrogen-bond acceptors (Lipinski definition) is 2. The fourth-order valence-corrected chi connectivity index (χ4v) is 3.03. The van der Waals surface area contributed by atoms with Crippen LogP contribution in [-0.4, -0.2) is 35.8 Å². The second-order valence-corrected chi connectivity index (χ2v) is 5.72.